The zero-order valence-electron chi connectivity index (χ0n) is 16.0. The standard InChI is InChI=1S/C21H20F2O6/c1-21(9-26-10-21)11-28-17-14(5-6-16(18(17)25-2)29-20(22)23)12-3-4-15-13(7-12)8-27-19(15)24/h3-7,20H,8-11H2,1-2H3. The third-order valence-corrected chi connectivity index (χ3v) is 4.96. The molecule has 2 heterocycles. The van der Waals surface area contributed by atoms with Gasteiger partial charge in [0.15, 0.2) is 11.5 Å². The SMILES string of the molecule is COc1c(OC(F)F)ccc(-c2ccc3c(c2)COC3=O)c1OCC1(C)COC1. The summed E-state index contributed by atoms with van der Waals surface area (Å²) in [5.41, 5.74) is 2.48. The first kappa shape index (κ1) is 19.4. The zero-order chi connectivity index (χ0) is 20.6. The lowest BCUT2D eigenvalue weighted by Crippen LogP contribution is -2.44. The molecule has 4 rings (SSSR count). The van der Waals surface area contributed by atoms with Crippen LogP contribution in [0, 0.1) is 5.41 Å². The van der Waals surface area contributed by atoms with E-state index in [0.29, 0.717) is 36.7 Å². The smallest absolute Gasteiger partial charge is 0.387 e. The van der Waals surface area contributed by atoms with E-state index in [2.05, 4.69) is 4.74 Å². The minimum absolute atomic E-state index is 0.0828. The van der Waals surface area contributed by atoms with Gasteiger partial charge in [0, 0.05) is 16.5 Å². The molecule has 0 unspecified atom stereocenters. The van der Waals surface area contributed by atoms with Gasteiger partial charge >= 0.3 is 12.6 Å². The van der Waals surface area contributed by atoms with Gasteiger partial charge in [-0.15, -0.1) is 0 Å². The fraction of sp³-hybridized carbons (Fsp3) is 0.381. The van der Waals surface area contributed by atoms with Crippen molar-refractivity contribution in [1.29, 1.82) is 0 Å². The van der Waals surface area contributed by atoms with Crippen LogP contribution in [0.25, 0.3) is 11.1 Å². The van der Waals surface area contributed by atoms with E-state index in [1.165, 1.54) is 13.2 Å². The van der Waals surface area contributed by atoms with E-state index in [4.69, 9.17) is 18.9 Å². The molecule has 0 aliphatic carbocycles. The van der Waals surface area contributed by atoms with Gasteiger partial charge < -0.3 is 23.7 Å². The molecule has 0 amide bonds. The minimum Gasteiger partial charge on any atom is -0.490 e. The molecule has 0 radical (unpaired) electrons. The molecule has 2 aliphatic rings. The summed E-state index contributed by atoms with van der Waals surface area (Å²) in [6, 6.07) is 8.31. The van der Waals surface area contributed by atoms with Crippen LogP contribution < -0.4 is 14.2 Å². The van der Waals surface area contributed by atoms with Gasteiger partial charge in [-0.2, -0.15) is 8.78 Å². The summed E-state index contributed by atoms with van der Waals surface area (Å²) < 4.78 is 52.0. The molecule has 29 heavy (non-hydrogen) atoms. The number of fused-ring (bicyclic) bond motifs is 1. The number of cyclic esters (lactones) is 1. The van der Waals surface area contributed by atoms with E-state index < -0.39 is 6.61 Å². The van der Waals surface area contributed by atoms with Crippen LogP contribution in [-0.2, 0) is 16.1 Å². The van der Waals surface area contributed by atoms with Crippen molar-refractivity contribution in [2.45, 2.75) is 20.1 Å². The Balaban J connectivity index is 1.76. The fourth-order valence-corrected chi connectivity index (χ4v) is 3.38. The summed E-state index contributed by atoms with van der Waals surface area (Å²) in [6.45, 7) is 0.633. The van der Waals surface area contributed by atoms with Crippen LogP contribution >= 0.6 is 0 Å². The van der Waals surface area contributed by atoms with Gasteiger partial charge in [0.2, 0.25) is 5.75 Å². The first-order valence-electron chi connectivity index (χ1n) is 9.07. The average Bonchev–Trinajstić information content (AvgIpc) is 3.04. The quantitative estimate of drug-likeness (QED) is 0.647. The van der Waals surface area contributed by atoms with Crippen molar-refractivity contribution in [2.24, 2.45) is 5.41 Å². The monoisotopic (exact) mass is 406 g/mol. The average molecular weight is 406 g/mol. The highest BCUT2D eigenvalue weighted by Crippen LogP contribution is 2.46. The number of rotatable bonds is 7. The van der Waals surface area contributed by atoms with Crippen molar-refractivity contribution in [3.8, 4) is 28.4 Å². The summed E-state index contributed by atoms with van der Waals surface area (Å²) in [5, 5.41) is 0. The number of carbonyl (C=O) groups excluding carboxylic acids is 1. The molecular formula is C21H20F2O6. The first-order valence-corrected chi connectivity index (χ1v) is 9.07. The zero-order valence-corrected chi connectivity index (χ0v) is 16.0. The van der Waals surface area contributed by atoms with Crippen LogP contribution in [0.3, 0.4) is 0 Å². The first-order chi connectivity index (χ1) is 13.9. The minimum atomic E-state index is -3.00. The molecule has 154 valence electrons. The lowest BCUT2D eigenvalue weighted by Gasteiger charge is -2.37. The highest BCUT2D eigenvalue weighted by atomic mass is 19.3. The number of methoxy groups -OCH3 is 1. The summed E-state index contributed by atoms with van der Waals surface area (Å²) in [6.07, 6.45) is 0. The maximum atomic E-state index is 12.8. The predicted molar refractivity (Wildman–Crippen MR) is 98.6 cm³/mol. The number of carbonyl (C=O) groups is 1. The molecule has 1 fully saturated rings. The van der Waals surface area contributed by atoms with Gasteiger partial charge in [-0.1, -0.05) is 13.0 Å². The number of hydrogen-bond acceptors (Lipinski definition) is 6. The van der Waals surface area contributed by atoms with Gasteiger partial charge in [-0.05, 0) is 29.8 Å². The van der Waals surface area contributed by atoms with E-state index in [0.717, 1.165) is 11.1 Å². The van der Waals surface area contributed by atoms with Gasteiger partial charge in [0.25, 0.3) is 0 Å². The number of halogens is 2. The van der Waals surface area contributed by atoms with Gasteiger partial charge in [-0.25, -0.2) is 4.79 Å². The lowest BCUT2D eigenvalue weighted by atomic mass is 9.90. The Kier molecular flexibility index (Phi) is 5.04. The molecular weight excluding hydrogens is 386 g/mol. The second-order valence-electron chi connectivity index (χ2n) is 7.39. The number of esters is 1. The normalized spacial score (nSPS) is 16.8. The van der Waals surface area contributed by atoms with Crippen LogP contribution in [0.4, 0.5) is 8.78 Å². The van der Waals surface area contributed by atoms with E-state index in [9.17, 15) is 13.6 Å². The van der Waals surface area contributed by atoms with E-state index in [1.807, 2.05) is 13.0 Å². The molecule has 2 aliphatic heterocycles. The van der Waals surface area contributed by atoms with Gasteiger partial charge in [0.1, 0.15) is 6.61 Å². The molecule has 2 aromatic rings. The topological polar surface area (TPSA) is 63.2 Å². The Hall–Kier alpha value is -2.87. The lowest BCUT2D eigenvalue weighted by molar-refractivity contribution is -0.120. The predicted octanol–water partition coefficient (Wildman–Crippen LogP) is 4.05. The number of ether oxygens (including phenoxy) is 5. The summed E-state index contributed by atoms with van der Waals surface area (Å²) in [4.78, 5) is 11.7. The van der Waals surface area contributed by atoms with Crippen molar-refractivity contribution in [2.75, 3.05) is 26.9 Å². The molecule has 0 aromatic heterocycles. The summed E-state index contributed by atoms with van der Waals surface area (Å²) in [7, 11) is 1.37. The second-order valence-corrected chi connectivity index (χ2v) is 7.39. The number of benzene rings is 2. The molecule has 0 saturated carbocycles. The Morgan fingerprint density at radius 3 is 2.55 bits per heavy atom. The summed E-state index contributed by atoms with van der Waals surface area (Å²) >= 11 is 0. The Bertz CT molecular complexity index is 939. The summed E-state index contributed by atoms with van der Waals surface area (Å²) in [5.74, 6) is -0.0986. The number of hydrogen-bond donors (Lipinski definition) is 0. The molecule has 1 saturated heterocycles. The van der Waals surface area contributed by atoms with Crippen molar-refractivity contribution in [1.82, 2.24) is 0 Å². The molecule has 0 spiro atoms. The second kappa shape index (κ2) is 7.51. The van der Waals surface area contributed by atoms with Crippen LogP contribution in [-0.4, -0.2) is 39.5 Å². The Morgan fingerprint density at radius 1 is 1.14 bits per heavy atom. The fourth-order valence-electron chi connectivity index (χ4n) is 3.38. The Labute approximate surface area is 166 Å². The molecule has 6 nitrogen and oxygen atoms in total. The van der Waals surface area contributed by atoms with E-state index in [-0.39, 0.29) is 29.5 Å². The van der Waals surface area contributed by atoms with Gasteiger partial charge in [0.05, 0.1) is 32.5 Å². The van der Waals surface area contributed by atoms with Gasteiger partial charge in [-0.3, -0.25) is 0 Å². The van der Waals surface area contributed by atoms with Crippen LogP contribution in [0.5, 0.6) is 17.2 Å². The van der Waals surface area contributed by atoms with Crippen molar-refractivity contribution < 1.29 is 37.3 Å². The maximum absolute atomic E-state index is 12.8. The highest BCUT2D eigenvalue weighted by molar-refractivity contribution is 5.94. The molecule has 2 aromatic carbocycles. The third-order valence-electron chi connectivity index (χ3n) is 4.96. The van der Waals surface area contributed by atoms with Crippen LogP contribution in [0.1, 0.15) is 22.8 Å². The van der Waals surface area contributed by atoms with Crippen LogP contribution in [0.2, 0.25) is 0 Å². The Morgan fingerprint density at radius 2 is 1.90 bits per heavy atom. The van der Waals surface area contributed by atoms with Crippen molar-refractivity contribution >= 4 is 5.97 Å². The van der Waals surface area contributed by atoms with Crippen LogP contribution in [0.15, 0.2) is 30.3 Å². The maximum Gasteiger partial charge on any atom is 0.387 e. The molecule has 0 bridgehead atoms. The van der Waals surface area contributed by atoms with E-state index >= 15 is 0 Å². The highest BCUT2D eigenvalue weighted by Gasteiger charge is 2.35. The molecule has 0 N–H and O–H groups in total. The molecule has 8 heteroatoms. The third kappa shape index (κ3) is 3.72. The largest absolute Gasteiger partial charge is 0.490 e. The van der Waals surface area contributed by atoms with Crippen molar-refractivity contribution in [3.63, 3.8) is 0 Å². The van der Waals surface area contributed by atoms with Crippen molar-refractivity contribution in [3.05, 3.63) is 41.5 Å². The number of alkyl halides is 2. The molecule has 0 atom stereocenters. The van der Waals surface area contributed by atoms with E-state index in [1.54, 1.807) is 18.2 Å².